The number of nitrogens with zero attached hydrogens (tertiary/aromatic N) is 1. The number of aromatic amines is 1. The number of nitro groups is 1. The van der Waals surface area contributed by atoms with Gasteiger partial charge >= 0.3 is 0 Å². The van der Waals surface area contributed by atoms with Crippen LogP contribution in [0.2, 0.25) is 0 Å². The number of halogens is 1. The van der Waals surface area contributed by atoms with Crippen LogP contribution >= 0.6 is 15.9 Å². The standard InChI is InChI=1S/C12H9BrN4O4/c13-8-4-3-7(6-10(8)17(20)21)11(18)15-16-12(19)9-2-1-5-14-9/h1-6,14H,(H,15,18)(H,16,19). The van der Waals surface area contributed by atoms with E-state index in [1.807, 2.05) is 0 Å². The Kier molecular flexibility index (Phi) is 4.33. The zero-order valence-corrected chi connectivity index (χ0v) is 12.0. The molecule has 0 aliphatic carbocycles. The molecule has 1 heterocycles. The first-order valence-corrected chi connectivity index (χ1v) is 6.46. The third-order valence-electron chi connectivity index (χ3n) is 2.54. The first-order valence-electron chi connectivity index (χ1n) is 5.67. The zero-order chi connectivity index (χ0) is 15.4. The number of aromatic nitrogens is 1. The lowest BCUT2D eigenvalue weighted by Crippen LogP contribution is -2.41. The normalized spacial score (nSPS) is 9.95. The summed E-state index contributed by atoms with van der Waals surface area (Å²) in [7, 11) is 0. The van der Waals surface area contributed by atoms with E-state index in [2.05, 4.69) is 31.8 Å². The predicted octanol–water partition coefficient (Wildman–Crippen LogP) is 1.76. The van der Waals surface area contributed by atoms with Crippen LogP contribution in [-0.4, -0.2) is 21.7 Å². The van der Waals surface area contributed by atoms with E-state index >= 15 is 0 Å². The van der Waals surface area contributed by atoms with Gasteiger partial charge in [0, 0.05) is 17.8 Å². The Morgan fingerprint density at radius 2 is 1.90 bits per heavy atom. The van der Waals surface area contributed by atoms with Gasteiger partial charge in [0.1, 0.15) is 5.69 Å². The molecule has 2 rings (SSSR count). The van der Waals surface area contributed by atoms with E-state index in [1.54, 1.807) is 12.3 Å². The summed E-state index contributed by atoms with van der Waals surface area (Å²) in [6.07, 6.45) is 1.56. The zero-order valence-electron chi connectivity index (χ0n) is 10.4. The molecule has 2 amide bonds. The first-order chi connectivity index (χ1) is 9.99. The van der Waals surface area contributed by atoms with Gasteiger partial charge in [-0.1, -0.05) is 0 Å². The van der Waals surface area contributed by atoms with Crippen LogP contribution in [0.4, 0.5) is 5.69 Å². The highest BCUT2D eigenvalue weighted by molar-refractivity contribution is 9.10. The van der Waals surface area contributed by atoms with Crippen molar-refractivity contribution in [2.45, 2.75) is 0 Å². The molecular weight excluding hydrogens is 344 g/mol. The van der Waals surface area contributed by atoms with Crippen molar-refractivity contribution in [2.75, 3.05) is 0 Å². The van der Waals surface area contributed by atoms with E-state index in [1.165, 1.54) is 18.2 Å². The molecule has 0 bridgehead atoms. The Morgan fingerprint density at radius 3 is 2.52 bits per heavy atom. The number of hydrogen-bond donors (Lipinski definition) is 3. The van der Waals surface area contributed by atoms with E-state index in [0.29, 0.717) is 0 Å². The van der Waals surface area contributed by atoms with Crippen molar-refractivity contribution in [3.05, 3.63) is 62.4 Å². The maximum absolute atomic E-state index is 11.8. The van der Waals surface area contributed by atoms with Crippen LogP contribution in [0.25, 0.3) is 0 Å². The van der Waals surface area contributed by atoms with E-state index in [4.69, 9.17) is 0 Å². The Morgan fingerprint density at radius 1 is 1.19 bits per heavy atom. The van der Waals surface area contributed by atoms with Crippen molar-refractivity contribution >= 4 is 33.4 Å². The van der Waals surface area contributed by atoms with Crippen molar-refractivity contribution in [3.8, 4) is 0 Å². The molecule has 21 heavy (non-hydrogen) atoms. The van der Waals surface area contributed by atoms with Crippen molar-refractivity contribution in [3.63, 3.8) is 0 Å². The predicted molar refractivity (Wildman–Crippen MR) is 76.5 cm³/mol. The number of carbonyl (C=O) groups is 2. The Bertz CT molecular complexity index is 699. The Hall–Kier alpha value is -2.68. The average Bonchev–Trinajstić information content (AvgIpc) is 2.98. The fourth-order valence-electron chi connectivity index (χ4n) is 1.52. The second-order valence-corrected chi connectivity index (χ2v) is 4.77. The fourth-order valence-corrected chi connectivity index (χ4v) is 1.91. The van der Waals surface area contributed by atoms with Crippen LogP contribution in [0, 0.1) is 10.1 Å². The summed E-state index contributed by atoms with van der Waals surface area (Å²) in [5, 5.41) is 10.8. The Balaban J connectivity index is 2.05. The number of amides is 2. The minimum Gasteiger partial charge on any atom is -0.357 e. The average molecular weight is 353 g/mol. The molecule has 0 saturated heterocycles. The smallest absolute Gasteiger partial charge is 0.286 e. The summed E-state index contributed by atoms with van der Waals surface area (Å²) < 4.78 is 0.263. The maximum Gasteiger partial charge on any atom is 0.286 e. The number of hydrogen-bond acceptors (Lipinski definition) is 4. The molecule has 2 aromatic rings. The van der Waals surface area contributed by atoms with Crippen LogP contribution in [0.5, 0.6) is 0 Å². The van der Waals surface area contributed by atoms with E-state index in [-0.39, 0.29) is 21.4 Å². The highest BCUT2D eigenvalue weighted by atomic mass is 79.9. The molecule has 0 saturated carbocycles. The molecule has 0 atom stereocenters. The molecule has 3 N–H and O–H groups in total. The monoisotopic (exact) mass is 352 g/mol. The number of benzene rings is 1. The molecule has 1 aromatic carbocycles. The quantitative estimate of drug-likeness (QED) is 0.576. The van der Waals surface area contributed by atoms with Gasteiger partial charge in [-0.25, -0.2) is 0 Å². The molecule has 0 aliphatic rings. The maximum atomic E-state index is 11.8. The second kappa shape index (κ2) is 6.18. The number of H-pyrrole nitrogens is 1. The van der Waals surface area contributed by atoms with E-state index in [0.717, 1.165) is 6.07 Å². The summed E-state index contributed by atoms with van der Waals surface area (Å²) in [5.41, 5.74) is 4.46. The highest BCUT2D eigenvalue weighted by Crippen LogP contribution is 2.25. The molecule has 108 valence electrons. The highest BCUT2D eigenvalue weighted by Gasteiger charge is 2.16. The molecule has 9 heteroatoms. The topological polar surface area (TPSA) is 117 Å². The molecular formula is C12H9BrN4O4. The summed E-state index contributed by atoms with van der Waals surface area (Å²) in [5.74, 6) is -1.19. The lowest BCUT2D eigenvalue weighted by Gasteiger charge is -2.06. The van der Waals surface area contributed by atoms with Crippen molar-refractivity contribution in [1.82, 2.24) is 15.8 Å². The van der Waals surface area contributed by atoms with Gasteiger partial charge in [-0.15, -0.1) is 0 Å². The van der Waals surface area contributed by atoms with Crippen LogP contribution in [-0.2, 0) is 0 Å². The van der Waals surface area contributed by atoms with Gasteiger partial charge < -0.3 is 4.98 Å². The van der Waals surface area contributed by atoms with E-state index in [9.17, 15) is 19.7 Å². The SMILES string of the molecule is O=C(NNC(=O)c1ccc[nH]1)c1ccc(Br)c([N+](=O)[O-])c1. The van der Waals surface area contributed by atoms with Gasteiger partial charge in [-0.05, 0) is 40.2 Å². The van der Waals surface area contributed by atoms with Crippen LogP contribution < -0.4 is 10.9 Å². The van der Waals surface area contributed by atoms with Crippen LogP contribution in [0.3, 0.4) is 0 Å². The third-order valence-corrected chi connectivity index (χ3v) is 3.21. The lowest BCUT2D eigenvalue weighted by molar-refractivity contribution is -0.385. The summed E-state index contributed by atoms with van der Waals surface area (Å²) in [6, 6.07) is 7.06. The third kappa shape index (κ3) is 3.45. The molecule has 1 aromatic heterocycles. The Labute approximate surface area is 126 Å². The largest absolute Gasteiger partial charge is 0.357 e. The minimum atomic E-state index is -0.662. The molecule has 0 fully saturated rings. The minimum absolute atomic E-state index is 0.0525. The van der Waals surface area contributed by atoms with E-state index < -0.39 is 16.7 Å². The number of nitro benzene ring substituents is 1. The van der Waals surface area contributed by atoms with Crippen molar-refractivity contribution in [2.24, 2.45) is 0 Å². The van der Waals surface area contributed by atoms with Gasteiger partial charge in [0.25, 0.3) is 17.5 Å². The number of hydrazine groups is 1. The fraction of sp³-hybridized carbons (Fsp3) is 0. The number of rotatable bonds is 3. The summed E-state index contributed by atoms with van der Waals surface area (Å²) in [6.45, 7) is 0. The summed E-state index contributed by atoms with van der Waals surface area (Å²) in [4.78, 5) is 36.3. The van der Waals surface area contributed by atoms with Gasteiger partial charge in [0.05, 0.1) is 9.40 Å². The van der Waals surface area contributed by atoms with Crippen molar-refractivity contribution in [1.29, 1.82) is 0 Å². The molecule has 0 unspecified atom stereocenters. The molecule has 0 aliphatic heterocycles. The van der Waals surface area contributed by atoms with Crippen LogP contribution in [0.15, 0.2) is 41.0 Å². The van der Waals surface area contributed by atoms with Gasteiger partial charge in [-0.2, -0.15) is 0 Å². The second-order valence-electron chi connectivity index (χ2n) is 3.92. The van der Waals surface area contributed by atoms with Gasteiger partial charge in [-0.3, -0.25) is 30.6 Å². The van der Waals surface area contributed by atoms with Gasteiger partial charge in [0.15, 0.2) is 0 Å². The lowest BCUT2D eigenvalue weighted by atomic mass is 10.2. The molecule has 0 spiro atoms. The first kappa shape index (κ1) is 14.7. The van der Waals surface area contributed by atoms with Crippen LogP contribution in [0.1, 0.15) is 20.8 Å². The number of nitrogens with one attached hydrogen (secondary N) is 3. The summed E-state index contributed by atoms with van der Waals surface area (Å²) >= 11 is 3.02. The molecule has 0 radical (unpaired) electrons. The molecule has 8 nitrogen and oxygen atoms in total. The number of carbonyl (C=O) groups excluding carboxylic acids is 2. The van der Waals surface area contributed by atoms with Gasteiger partial charge in [0.2, 0.25) is 0 Å². The van der Waals surface area contributed by atoms with Crippen molar-refractivity contribution < 1.29 is 14.5 Å².